The number of aromatic nitrogens is 2. The van der Waals surface area contributed by atoms with Crippen LogP contribution in [0.3, 0.4) is 0 Å². The summed E-state index contributed by atoms with van der Waals surface area (Å²) in [5.41, 5.74) is 2.99. The van der Waals surface area contributed by atoms with Crippen molar-refractivity contribution in [1.29, 1.82) is 0 Å². The minimum Gasteiger partial charge on any atom is -0.312 e. The van der Waals surface area contributed by atoms with Crippen molar-refractivity contribution in [2.45, 2.75) is 32.3 Å². The lowest BCUT2D eigenvalue weighted by molar-refractivity contribution is 0.432. The van der Waals surface area contributed by atoms with Gasteiger partial charge in [0.25, 0.3) is 0 Å². The number of nitrogens with one attached hydrogen (secondary N) is 2. The van der Waals surface area contributed by atoms with E-state index in [4.69, 9.17) is 2.74 Å². The summed E-state index contributed by atoms with van der Waals surface area (Å²) >= 11 is 0. The van der Waals surface area contributed by atoms with E-state index in [2.05, 4.69) is 10.3 Å². The van der Waals surface area contributed by atoms with E-state index >= 15 is 0 Å². The predicted molar refractivity (Wildman–Crippen MR) is 68.3 cm³/mol. The number of hydrogen-bond acceptors (Lipinski definition) is 2. The molecule has 0 amide bonds. The highest BCUT2D eigenvalue weighted by Gasteiger charge is 2.21. The molecule has 2 atom stereocenters. The van der Waals surface area contributed by atoms with E-state index in [9.17, 15) is 4.79 Å². The molecule has 0 saturated carbocycles. The van der Waals surface area contributed by atoms with Crippen LogP contribution >= 0.6 is 0 Å². The van der Waals surface area contributed by atoms with Gasteiger partial charge in [0.2, 0.25) is 0 Å². The van der Waals surface area contributed by atoms with Crippen LogP contribution in [0, 0.1) is 0 Å². The molecule has 1 aromatic heterocycles. The smallest absolute Gasteiger partial charge is 0.312 e. The Morgan fingerprint density at radius 2 is 2.65 bits per heavy atom. The zero-order valence-electron chi connectivity index (χ0n) is 11.6. The first kappa shape index (κ1) is 8.53. The van der Waals surface area contributed by atoms with E-state index in [0.717, 1.165) is 23.0 Å². The fraction of sp³-hybridized carbons (Fsp3) is 0.462. The van der Waals surface area contributed by atoms with Gasteiger partial charge in [0.1, 0.15) is 0 Å². The minimum absolute atomic E-state index is 0.0723. The van der Waals surface area contributed by atoms with Gasteiger partial charge >= 0.3 is 5.69 Å². The molecule has 1 aliphatic rings. The molecule has 1 unspecified atom stereocenters. The molecule has 0 bridgehead atoms. The second kappa shape index (κ2) is 4.04. The summed E-state index contributed by atoms with van der Waals surface area (Å²) in [7, 11) is 0. The van der Waals surface area contributed by atoms with E-state index < -0.39 is 6.40 Å². The fourth-order valence-corrected chi connectivity index (χ4v) is 2.57. The first-order chi connectivity index (χ1) is 9.19. The molecule has 1 aliphatic heterocycles. The second-order valence-electron chi connectivity index (χ2n) is 4.45. The Morgan fingerprint density at radius 3 is 3.53 bits per heavy atom. The normalized spacial score (nSPS) is 22.2. The number of hydrogen-bond donors (Lipinski definition) is 2. The number of aromatic amines is 1. The number of benzene rings is 1. The third-order valence-electron chi connectivity index (χ3n) is 3.30. The molecule has 0 radical (unpaired) electrons. The number of H-pyrrole nitrogens is 1. The highest BCUT2D eigenvalue weighted by molar-refractivity contribution is 5.79. The molecule has 0 saturated heterocycles. The summed E-state index contributed by atoms with van der Waals surface area (Å²) in [6.45, 7) is 1.23. The van der Waals surface area contributed by atoms with Crippen molar-refractivity contribution in [3.05, 3.63) is 34.2 Å². The Hall–Kier alpha value is -1.55. The van der Waals surface area contributed by atoms with Crippen molar-refractivity contribution >= 4 is 11.0 Å². The number of nitrogens with zero attached hydrogens (tertiary/aromatic N) is 1. The molecule has 2 N–H and O–H groups in total. The van der Waals surface area contributed by atoms with Crippen molar-refractivity contribution in [2.24, 2.45) is 0 Å². The van der Waals surface area contributed by atoms with E-state index in [1.54, 1.807) is 4.57 Å². The highest BCUT2D eigenvalue weighted by atomic mass is 16.1. The molecule has 4 heteroatoms. The van der Waals surface area contributed by atoms with Gasteiger partial charge in [0, 0.05) is 15.3 Å². The highest BCUT2D eigenvalue weighted by Crippen LogP contribution is 2.22. The molecule has 2 heterocycles. The summed E-state index contributed by atoms with van der Waals surface area (Å²) < 4.78 is 16.5. The lowest BCUT2D eigenvalue weighted by Crippen LogP contribution is -2.40. The third kappa shape index (κ3) is 1.69. The maximum atomic E-state index is 11.9. The molecule has 17 heavy (non-hydrogen) atoms. The average Bonchev–Trinajstić information content (AvgIpc) is 2.74. The monoisotopic (exact) mass is 235 g/mol. The summed E-state index contributed by atoms with van der Waals surface area (Å²) in [6.07, 6.45) is 0.458. The zero-order valence-corrected chi connectivity index (χ0v) is 9.57. The van der Waals surface area contributed by atoms with Gasteiger partial charge in [-0.3, -0.25) is 4.57 Å². The van der Waals surface area contributed by atoms with Crippen LogP contribution in [0.1, 0.15) is 21.6 Å². The molecule has 3 rings (SSSR count). The number of para-hydroxylation sites is 1. The van der Waals surface area contributed by atoms with Gasteiger partial charge in [-0.2, -0.15) is 0 Å². The van der Waals surface area contributed by atoms with Crippen LogP contribution < -0.4 is 11.0 Å². The Labute approximate surface area is 102 Å². The Bertz CT molecular complexity index is 649. The molecule has 0 fully saturated rings. The third-order valence-corrected chi connectivity index (χ3v) is 3.30. The Kier molecular flexibility index (Phi) is 2.02. The molecule has 2 aromatic rings. The lowest BCUT2D eigenvalue weighted by Gasteiger charge is -2.24. The van der Waals surface area contributed by atoms with Gasteiger partial charge < -0.3 is 10.3 Å². The quantitative estimate of drug-likeness (QED) is 0.841. The summed E-state index contributed by atoms with van der Waals surface area (Å²) in [5.74, 6) is 0. The standard InChI is InChI=1S/C13H17N3O/c1-2-6-14-10-7-9-4-3-5-11-12(9)16(8-10)13(17)15-11/h3-5,10,14H,2,6-8H2,1H3,(H,15,17)/t10-/m1/s1/i1T,2T/t2?,10-. The molecular weight excluding hydrogens is 214 g/mol. The first-order valence-corrected chi connectivity index (χ1v) is 5.84. The fourth-order valence-electron chi connectivity index (χ4n) is 2.57. The van der Waals surface area contributed by atoms with Crippen LogP contribution in [0.5, 0.6) is 0 Å². The van der Waals surface area contributed by atoms with Gasteiger partial charge in [0.05, 0.1) is 11.0 Å². The SMILES string of the molecule is [3H]CC([3H])CN[C@@H]1Cc2cccc3[nH]c(=O)n(c23)C1. The van der Waals surface area contributed by atoms with Crippen molar-refractivity contribution in [2.75, 3.05) is 6.54 Å². The van der Waals surface area contributed by atoms with Crippen molar-refractivity contribution in [1.82, 2.24) is 14.9 Å². The molecule has 90 valence electrons. The van der Waals surface area contributed by atoms with Crippen LogP contribution in [0.15, 0.2) is 23.0 Å². The predicted octanol–water partition coefficient (Wildman–Crippen LogP) is 1.25. The molecule has 4 nitrogen and oxygen atoms in total. The maximum Gasteiger partial charge on any atom is 0.326 e. The van der Waals surface area contributed by atoms with E-state index in [1.807, 2.05) is 18.2 Å². The van der Waals surface area contributed by atoms with Gasteiger partial charge in [-0.1, -0.05) is 19.0 Å². The van der Waals surface area contributed by atoms with Crippen LogP contribution in [-0.4, -0.2) is 22.1 Å². The topological polar surface area (TPSA) is 49.8 Å². The van der Waals surface area contributed by atoms with E-state index in [0.29, 0.717) is 13.1 Å². The Morgan fingerprint density at radius 1 is 1.71 bits per heavy atom. The van der Waals surface area contributed by atoms with Crippen molar-refractivity contribution in [3.8, 4) is 0 Å². The van der Waals surface area contributed by atoms with Crippen LogP contribution in [0.2, 0.25) is 0 Å². The second-order valence-corrected chi connectivity index (χ2v) is 4.45. The average molecular weight is 235 g/mol. The molecular formula is C13H17N3O. The zero-order chi connectivity index (χ0) is 13.4. The molecule has 0 spiro atoms. The summed E-state index contributed by atoms with van der Waals surface area (Å²) in [4.78, 5) is 14.8. The largest absolute Gasteiger partial charge is 0.326 e. The van der Waals surface area contributed by atoms with Crippen molar-refractivity contribution < 1.29 is 2.74 Å². The van der Waals surface area contributed by atoms with Gasteiger partial charge in [0.15, 0.2) is 0 Å². The van der Waals surface area contributed by atoms with Crippen molar-refractivity contribution in [3.63, 3.8) is 0 Å². The van der Waals surface area contributed by atoms with Crippen LogP contribution in [0.4, 0.5) is 0 Å². The van der Waals surface area contributed by atoms with Gasteiger partial charge in [-0.15, -0.1) is 0 Å². The number of rotatable bonds is 3. The van der Waals surface area contributed by atoms with Crippen LogP contribution in [0.25, 0.3) is 11.0 Å². The first-order valence-electron chi connectivity index (χ1n) is 7.12. The minimum atomic E-state index is -0.403. The maximum absolute atomic E-state index is 11.9. The summed E-state index contributed by atoms with van der Waals surface area (Å²) in [6, 6.07) is 6.08. The van der Waals surface area contributed by atoms with Gasteiger partial charge in [-0.25, -0.2) is 4.79 Å². The van der Waals surface area contributed by atoms with Gasteiger partial charge in [-0.05, 0) is 31.0 Å². The van der Waals surface area contributed by atoms with E-state index in [-0.39, 0.29) is 18.6 Å². The lowest BCUT2D eigenvalue weighted by atomic mass is 10.0. The van der Waals surface area contributed by atoms with Crippen LogP contribution in [-0.2, 0) is 13.0 Å². The Balaban J connectivity index is 1.86. The summed E-state index contributed by atoms with van der Waals surface area (Å²) in [5, 5.41) is 3.29. The van der Waals surface area contributed by atoms with E-state index in [1.165, 1.54) is 0 Å². The molecule has 0 aliphatic carbocycles. The number of imidazole rings is 1. The molecule has 1 aromatic carbocycles.